The van der Waals surface area contributed by atoms with E-state index in [2.05, 4.69) is 11.7 Å². The summed E-state index contributed by atoms with van der Waals surface area (Å²) < 4.78 is 27.5. The van der Waals surface area contributed by atoms with Gasteiger partial charge < -0.3 is 34.0 Å². The Balaban J connectivity index is 2.24. The van der Waals surface area contributed by atoms with Gasteiger partial charge in [-0.25, -0.2) is 0 Å². The van der Waals surface area contributed by atoms with E-state index in [-0.39, 0.29) is 12.1 Å². The highest BCUT2D eigenvalue weighted by atomic mass is 16.5. The van der Waals surface area contributed by atoms with Gasteiger partial charge in [0.25, 0.3) is 0 Å². The maximum Gasteiger partial charge on any atom is 0.203 e. The molecule has 0 amide bonds. The predicted molar refractivity (Wildman–Crippen MR) is 121 cm³/mol. The van der Waals surface area contributed by atoms with Crippen molar-refractivity contribution in [2.75, 3.05) is 35.0 Å². The molecule has 170 valence electrons. The second-order valence-electron chi connectivity index (χ2n) is 6.94. The Hall–Kier alpha value is -3.65. The zero-order valence-corrected chi connectivity index (χ0v) is 18.5. The molecule has 0 fully saturated rings. The minimum atomic E-state index is -0.983. The van der Waals surface area contributed by atoms with Crippen molar-refractivity contribution in [2.24, 2.45) is 5.16 Å². The van der Waals surface area contributed by atoms with E-state index < -0.39 is 6.10 Å². The normalized spacial score (nSPS) is 16.8. The molecular weight excluding hydrogens is 414 g/mol. The van der Waals surface area contributed by atoms with E-state index in [4.69, 9.17) is 23.7 Å². The Morgan fingerprint density at radius 3 is 2.09 bits per heavy atom. The molecule has 0 saturated carbocycles. The Morgan fingerprint density at radius 2 is 1.56 bits per heavy atom. The molecule has 0 aromatic heterocycles. The van der Waals surface area contributed by atoms with Crippen LogP contribution >= 0.6 is 0 Å². The number of hydrogen-bond donors (Lipinski definition) is 2. The highest BCUT2D eigenvalue weighted by molar-refractivity contribution is 6.35. The number of benzene rings is 2. The quantitative estimate of drug-likeness (QED) is 0.347. The van der Waals surface area contributed by atoms with Gasteiger partial charge >= 0.3 is 0 Å². The first-order chi connectivity index (χ1) is 15.5. The second-order valence-corrected chi connectivity index (χ2v) is 6.94. The fourth-order valence-electron chi connectivity index (χ4n) is 3.77. The van der Waals surface area contributed by atoms with Crippen molar-refractivity contribution < 1.29 is 34.0 Å². The van der Waals surface area contributed by atoms with Gasteiger partial charge in [0.2, 0.25) is 5.75 Å². The molecule has 2 N–H and O–H groups in total. The van der Waals surface area contributed by atoms with Gasteiger partial charge in [0.1, 0.15) is 18.4 Å². The first-order valence-electron chi connectivity index (χ1n) is 9.88. The molecule has 0 heterocycles. The largest absolute Gasteiger partial charge is 0.493 e. The van der Waals surface area contributed by atoms with Gasteiger partial charge in [0.15, 0.2) is 23.0 Å². The van der Waals surface area contributed by atoms with E-state index in [1.807, 2.05) is 12.1 Å². The zero-order valence-electron chi connectivity index (χ0n) is 18.5. The lowest BCUT2D eigenvalue weighted by atomic mass is 9.95. The summed E-state index contributed by atoms with van der Waals surface area (Å²) in [5, 5.41) is 23.7. The van der Waals surface area contributed by atoms with Crippen molar-refractivity contribution in [3.63, 3.8) is 0 Å². The van der Waals surface area contributed by atoms with E-state index in [0.29, 0.717) is 46.5 Å². The number of aliphatic hydroxyl groups is 1. The van der Waals surface area contributed by atoms with Crippen LogP contribution in [-0.4, -0.2) is 57.2 Å². The summed E-state index contributed by atoms with van der Waals surface area (Å²) in [6, 6.07) is 8.97. The minimum Gasteiger partial charge on any atom is -0.493 e. The zero-order chi connectivity index (χ0) is 23.3. The third kappa shape index (κ3) is 4.22. The summed E-state index contributed by atoms with van der Waals surface area (Å²) in [4.78, 5) is 0. The topological polar surface area (TPSA) is 99.0 Å². The van der Waals surface area contributed by atoms with Crippen LogP contribution in [0, 0.1) is 0 Å². The molecule has 0 spiro atoms. The van der Waals surface area contributed by atoms with E-state index in [9.17, 15) is 10.3 Å². The van der Waals surface area contributed by atoms with E-state index in [1.165, 1.54) is 21.3 Å². The molecule has 0 bridgehead atoms. The number of ether oxygens (including phenoxy) is 5. The summed E-state index contributed by atoms with van der Waals surface area (Å²) in [6.45, 7) is 3.98. The van der Waals surface area contributed by atoms with Crippen molar-refractivity contribution in [1.29, 1.82) is 0 Å². The molecule has 1 unspecified atom stereocenters. The Bertz CT molecular complexity index is 1030. The molecule has 2 aromatic rings. The number of oxime groups is 1. The summed E-state index contributed by atoms with van der Waals surface area (Å²) in [6.07, 6.45) is 0.907. The van der Waals surface area contributed by atoms with Gasteiger partial charge in [-0.2, -0.15) is 0 Å². The molecule has 3 rings (SSSR count). The monoisotopic (exact) mass is 441 g/mol. The molecule has 1 aliphatic carbocycles. The van der Waals surface area contributed by atoms with Crippen LogP contribution in [0.2, 0.25) is 0 Å². The Kier molecular flexibility index (Phi) is 7.27. The highest BCUT2D eigenvalue weighted by Crippen LogP contribution is 2.45. The highest BCUT2D eigenvalue weighted by Gasteiger charge is 2.33. The molecule has 0 aliphatic heterocycles. The number of methoxy groups -OCH3 is 4. The SMILES string of the molecule is C=CCOc1cc(C2=C(c3cc(OC)c(OC)c(OC)c3)/C(=N\O)C(O)C2)ccc1OC. The Labute approximate surface area is 186 Å². The summed E-state index contributed by atoms with van der Waals surface area (Å²) in [7, 11) is 6.13. The summed E-state index contributed by atoms with van der Waals surface area (Å²) in [5.41, 5.74) is 2.91. The molecule has 8 nitrogen and oxygen atoms in total. The molecule has 8 heteroatoms. The van der Waals surface area contributed by atoms with Crippen LogP contribution in [0.3, 0.4) is 0 Å². The van der Waals surface area contributed by atoms with Crippen molar-refractivity contribution >= 4 is 16.9 Å². The smallest absolute Gasteiger partial charge is 0.203 e. The lowest BCUT2D eigenvalue weighted by Gasteiger charge is -2.16. The number of hydrogen-bond acceptors (Lipinski definition) is 8. The molecule has 0 radical (unpaired) electrons. The van der Waals surface area contributed by atoms with E-state index in [0.717, 1.165) is 11.1 Å². The Morgan fingerprint density at radius 1 is 0.938 bits per heavy atom. The first kappa shape index (κ1) is 23.0. The lowest BCUT2D eigenvalue weighted by Crippen LogP contribution is -2.15. The first-order valence-corrected chi connectivity index (χ1v) is 9.88. The minimum absolute atomic E-state index is 0.152. The molecule has 1 aliphatic rings. The van der Waals surface area contributed by atoms with Crippen molar-refractivity contribution in [2.45, 2.75) is 12.5 Å². The van der Waals surface area contributed by atoms with Crippen LogP contribution in [0.25, 0.3) is 11.1 Å². The molecular formula is C24H27NO7. The maximum absolute atomic E-state index is 10.6. The average molecular weight is 441 g/mol. The van der Waals surface area contributed by atoms with Gasteiger partial charge in [-0.15, -0.1) is 0 Å². The molecule has 1 atom stereocenters. The van der Waals surface area contributed by atoms with E-state index >= 15 is 0 Å². The van der Waals surface area contributed by atoms with Gasteiger partial charge in [0.05, 0.1) is 28.4 Å². The molecule has 32 heavy (non-hydrogen) atoms. The van der Waals surface area contributed by atoms with Crippen LogP contribution in [0.15, 0.2) is 48.1 Å². The van der Waals surface area contributed by atoms with Crippen molar-refractivity contribution in [3.8, 4) is 28.7 Å². The van der Waals surface area contributed by atoms with Crippen LogP contribution < -0.4 is 23.7 Å². The van der Waals surface area contributed by atoms with Crippen LogP contribution in [0.4, 0.5) is 0 Å². The lowest BCUT2D eigenvalue weighted by molar-refractivity contribution is 0.240. The predicted octanol–water partition coefficient (Wildman–Crippen LogP) is 3.79. The number of nitrogens with zero attached hydrogens (tertiary/aromatic N) is 1. The molecule has 0 saturated heterocycles. The van der Waals surface area contributed by atoms with Gasteiger partial charge in [-0.1, -0.05) is 23.9 Å². The second kappa shape index (κ2) is 10.1. The van der Waals surface area contributed by atoms with Gasteiger partial charge in [-0.3, -0.25) is 0 Å². The van der Waals surface area contributed by atoms with Crippen LogP contribution in [0.1, 0.15) is 17.5 Å². The van der Waals surface area contributed by atoms with Crippen LogP contribution in [0.5, 0.6) is 28.7 Å². The third-order valence-electron chi connectivity index (χ3n) is 5.20. The third-order valence-corrected chi connectivity index (χ3v) is 5.20. The number of aliphatic hydroxyl groups excluding tert-OH is 1. The maximum atomic E-state index is 10.6. The van der Waals surface area contributed by atoms with Crippen LogP contribution in [-0.2, 0) is 0 Å². The fourth-order valence-corrected chi connectivity index (χ4v) is 3.77. The van der Waals surface area contributed by atoms with Crippen molar-refractivity contribution in [3.05, 3.63) is 54.1 Å². The fraction of sp³-hybridized carbons (Fsp3) is 0.292. The molecule has 2 aromatic carbocycles. The van der Waals surface area contributed by atoms with Gasteiger partial charge in [0, 0.05) is 12.0 Å². The van der Waals surface area contributed by atoms with E-state index in [1.54, 1.807) is 31.4 Å². The van der Waals surface area contributed by atoms with Gasteiger partial charge in [-0.05, 0) is 41.0 Å². The summed E-state index contributed by atoms with van der Waals surface area (Å²) >= 11 is 0. The standard InChI is InChI=1S/C24H27NO7/c1-6-9-32-19-10-14(7-8-18(19)28-2)16-13-17(26)23(25-27)22(16)15-11-20(29-3)24(31-5)21(12-15)30-4/h6-8,10-12,17,26-27H,1,9,13H2,2-5H3/b25-23-. The summed E-state index contributed by atoms with van der Waals surface area (Å²) in [5.74, 6) is 2.42. The number of rotatable bonds is 9. The van der Waals surface area contributed by atoms with Crippen molar-refractivity contribution in [1.82, 2.24) is 0 Å². The average Bonchev–Trinajstić information content (AvgIpc) is 3.17.